The molecule has 1 rings (SSSR count). The van der Waals surface area contributed by atoms with Crippen molar-refractivity contribution in [1.82, 2.24) is 10.2 Å². The first-order chi connectivity index (χ1) is 12.6. The number of nitrogens with two attached hydrogens (primary N) is 3. The summed E-state index contributed by atoms with van der Waals surface area (Å²) in [4.78, 5) is 51.8. The highest BCUT2D eigenvalue weighted by Crippen LogP contribution is 2.19. The van der Waals surface area contributed by atoms with Crippen LogP contribution in [0.4, 0.5) is 0 Å². The van der Waals surface area contributed by atoms with Crippen molar-refractivity contribution in [2.75, 3.05) is 13.1 Å². The third-order valence-electron chi connectivity index (χ3n) is 4.11. The van der Waals surface area contributed by atoms with E-state index in [0.29, 0.717) is 19.3 Å². The molecule has 0 aromatic carbocycles. The number of carboxylic acid groups (broad SMARTS) is 2. The summed E-state index contributed by atoms with van der Waals surface area (Å²) >= 11 is 0. The van der Waals surface area contributed by atoms with Gasteiger partial charge in [0.1, 0.15) is 12.1 Å². The van der Waals surface area contributed by atoms with Gasteiger partial charge in [-0.05, 0) is 25.7 Å². The van der Waals surface area contributed by atoms with E-state index >= 15 is 0 Å². The van der Waals surface area contributed by atoms with Crippen LogP contribution >= 0.6 is 0 Å². The maximum Gasteiger partial charge on any atom is 0.326 e. The van der Waals surface area contributed by atoms with Crippen molar-refractivity contribution in [2.24, 2.45) is 22.2 Å². The van der Waals surface area contributed by atoms with Crippen LogP contribution in [0, 0.1) is 0 Å². The predicted octanol–water partition coefficient (Wildman–Crippen LogP) is -2.60. The first kappa shape index (κ1) is 22.2. The summed E-state index contributed by atoms with van der Waals surface area (Å²) in [6.07, 6.45) is 0.777. The van der Waals surface area contributed by atoms with Gasteiger partial charge in [0.2, 0.25) is 11.8 Å². The van der Waals surface area contributed by atoms with E-state index in [9.17, 15) is 24.3 Å². The quantitative estimate of drug-likeness (QED) is 0.132. The van der Waals surface area contributed by atoms with Crippen LogP contribution in [0.2, 0.25) is 0 Å². The van der Waals surface area contributed by atoms with Gasteiger partial charge in [-0.1, -0.05) is 0 Å². The molecule has 0 spiro atoms. The molecule has 0 aliphatic carbocycles. The summed E-state index contributed by atoms with van der Waals surface area (Å²) in [5, 5.41) is 20.4. The highest BCUT2D eigenvalue weighted by atomic mass is 16.4. The molecule has 0 radical (unpaired) electrons. The minimum atomic E-state index is -1.26. The Morgan fingerprint density at radius 2 is 1.89 bits per heavy atom. The van der Waals surface area contributed by atoms with Crippen LogP contribution in [-0.2, 0) is 19.2 Å². The molecular weight excluding hydrogens is 360 g/mol. The average molecular weight is 386 g/mol. The van der Waals surface area contributed by atoms with Gasteiger partial charge in [0.25, 0.3) is 0 Å². The number of carbonyl (C=O) groups is 4. The molecule has 1 fully saturated rings. The third kappa shape index (κ3) is 7.09. The van der Waals surface area contributed by atoms with E-state index in [2.05, 4.69) is 10.3 Å². The Morgan fingerprint density at radius 1 is 1.22 bits per heavy atom. The number of guanidine groups is 1. The number of nitrogens with zero attached hydrogens (tertiary/aromatic N) is 2. The third-order valence-corrected chi connectivity index (χ3v) is 4.11. The smallest absolute Gasteiger partial charge is 0.326 e. The highest BCUT2D eigenvalue weighted by molar-refractivity contribution is 5.93. The van der Waals surface area contributed by atoms with Crippen LogP contribution in [0.3, 0.4) is 0 Å². The fourth-order valence-electron chi connectivity index (χ4n) is 2.82. The number of aliphatic carboxylic acids is 2. The van der Waals surface area contributed by atoms with E-state index in [0.717, 1.165) is 0 Å². The van der Waals surface area contributed by atoms with Crippen LogP contribution in [0.1, 0.15) is 32.1 Å². The molecule has 1 aliphatic heterocycles. The van der Waals surface area contributed by atoms with Crippen molar-refractivity contribution in [1.29, 1.82) is 0 Å². The Hall–Kier alpha value is -2.89. The monoisotopic (exact) mass is 386 g/mol. The fraction of sp³-hybridized carbons (Fsp3) is 0.667. The lowest BCUT2D eigenvalue weighted by atomic mass is 10.1. The lowest BCUT2D eigenvalue weighted by molar-refractivity contribution is -0.146. The van der Waals surface area contributed by atoms with Crippen LogP contribution in [0.15, 0.2) is 4.99 Å². The minimum Gasteiger partial charge on any atom is -0.481 e. The Labute approximate surface area is 155 Å². The Morgan fingerprint density at radius 3 is 2.44 bits per heavy atom. The average Bonchev–Trinajstić information content (AvgIpc) is 3.05. The van der Waals surface area contributed by atoms with Gasteiger partial charge in [-0.25, -0.2) is 4.79 Å². The van der Waals surface area contributed by atoms with Gasteiger partial charge >= 0.3 is 11.9 Å². The second-order valence-corrected chi connectivity index (χ2v) is 6.24. The zero-order chi connectivity index (χ0) is 20.6. The molecule has 1 aliphatic rings. The summed E-state index contributed by atoms with van der Waals surface area (Å²) in [5.41, 5.74) is 16.0. The van der Waals surface area contributed by atoms with Gasteiger partial charge in [0.05, 0.1) is 12.5 Å². The standard InChI is InChI=1S/C15H26N6O6/c16-8(7-11(22)23)13(25)21-6-2-4-10(21)12(24)20-9(14(26)27)3-1-5-19-15(17)18/h8-10H,1-7,16H2,(H,20,24)(H,22,23)(H,26,27)(H4,17,18,19)/t8-,9-,10+/m0/s1. The minimum absolute atomic E-state index is 0.108. The van der Waals surface area contributed by atoms with Crippen molar-refractivity contribution in [3.63, 3.8) is 0 Å². The van der Waals surface area contributed by atoms with Gasteiger partial charge in [-0.3, -0.25) is 19.4 Å². The zero-order valence-electron chi connectivity index (χ0n) is 14.8. The number of carbonyl (C=O) groups excluding carboxylic acids is 2. The number of hydrogen-bond acceptors (Lipinski definition) is 6. The van der Waals surface area contributed by atoms with Crippen molar-refractivity contribution < 1.29 is 29.4 Å². The number of likely N-dealkylation sites (tertiary alicyclic amines) is 1. The molecule has 0 aromatic heterocycles. The molecule has 9 N–H and O–H groups in total. The molecule has 0 saturated carbocycles. The molecule has 3 atom stereocenters. The molecule has 0 bridgehead atoms. The molecule has 2 amide bonds. The molecule has 12 heteroatoms. The van der Waals surface area contributed by atoms with Crippen LogP contribution < -0.4 is 22.5 Å². The van der Waals surface area contributed by atoms with Gasteiger partial charge in [0.15, 0.2) is 5.96 Å². The van der Waals surface area contributed by atoms with Crippen molar-refractivity contribution in [3.05, 3.63) is 0 Å². The zero-order valence-corrected chi connectivity index (χ0v) is 14.8. The maximum absolute atomic E-state index is 12.5. The summed E-state index contributed by atoms with van der Waals surface area (Å²) in [5.74, 6) is -3.80. The van der Waals surface area contributed by atoms with Crippen molar-refractivity contribution in [2.45, 2.75) is 50.2 Å². The van der Waals surface area contributed by atoms with Crippen LogP contribution in [0.5, 0.6) is 0 Å². The first-order valence-corrected chi connectivity index (χ1v) is 8.50. The van der Waals surface area contributed by atoms with E-state index in [4.69, 9.17) is 22.3 Å². The predicted molar refractivity (Wildman–Crippen MR) is 94.4 cm³/mol. The van der Waals surface area contributed by atoms with Gasteiger partial charge in [-0.2, -0.15) is 0 Å². The Kier molecular flexibility index (Phi) is 8.45. The number of rotatable bonds is 10. The lowest BCUT2D eigenvalue weighted by Gasteiger charge is -2.27. The molecule has 12 nitrogen and oxygen atoms in total. The largest absolute Gasteiger partial charge is 0.481 e. The number of carboxylic acids is 2. The van der Waals surface area contributed by atoms with Gasteiger partial charge in [0, 0.05) is 13.1 Å². The van der Waals surface area contributed by atoms with Crippen LogP contribution in [-0.4, -0.2) is 76.0 Å². The Balaban J connectivity index is 2.68. The molecule has 0 unspecified atom stereocenters. The fourth-order valence-corrected chi connectivity index (χ4v) is 2.82. The molecule has 0 aromatic rings. The molecule has 1 saturated heterocycles. The number of aliphatic imine (C=N–C) groups is 1. The van der Waals surface area contributed by atoms with E-state index in [-0.39, 0.29) is 25.5 Å². The molecule has 1 heterocycles. The number of nitrogens with one attached hydrogen (secondary N) is 1. The van der Waals surface area contributed by atoms with Gasteiger partial charge in [-0.15, -0.1) is 0 Å². The normalized spacial score (nSPS) is 18.4. The second-order valence-electron chi connectivity index (χ2n) is 6.24. The number of hydrogen-bond donors (Lipinski definition) is 6. The lowest BCUT2D eigenvalue weighted by Crippen LogP contribution is -2.54. The summed E-state index contributed by atoms with van der Waals surface area (Å²) < 4.78 is 0. The molecule has 27 heavy (non-hydrogen) atoms. The van der Waals surface area contributed by atoms with Crippen LogP contribution in [0.25, 0.3) is 0 Å². The summed E-state index contributed by atoms with van der Waals surface area (Å²) in [6.45, 7) is 0.479. The van der Waals surface area contributed by atoms with Gasteiger partial charge < -0.3 is 37.6 Å². The van der Waals surface area contributed by atoms with E-state index < -0.39 is 48.3 Å². The van der Waals surface area contributed by atoms with E-state index in [1.54, 1.807) is 0 Å². The van der Waals surface area contributed by atoms with E-state index in [1.807, 2.05) is 0 Å². The highest BCUT2D eigenvalue weighted by Gasteiger charge is 2.37. The molecular formula is C15H26N6O6. The second kappa shape index (κ2) is 10.3. The summed E-state index contributed by atoms with van der Waals surface area (Å²) in [7, 11) is 0. The summed E-state index contributed by atoms with van der Waals surface area (Å²) in [6, 6.07) is -3.29. The molecule has 152 valence electrons. The number of amides is 2. The SMILES string of the molecule is NC(N)=NCCC[C@H](NC(=O)[C@H]1CCCN1C(=O)[C@@H](N)CC(=O)O)C(=O)O. The first-order valence-electron chi connectivity index (χ1n) is 8.50. The Bertz CT molecular complexity index is 606. The van der Waals surface area contributed by atoms with E-state index in [1.165, 1.54) is 4.90 Å². The van der Waals surface area contributed by atoms with Crippen molar-refractivity contribution in [3.8, 4) is 0 Å². The van der Waals surface area contributed by atoms with Crippen molar-refractivity contribution >= 4 is 29.7 Å². The maximum atomic E-state index is 12.5. The topological polar surface area (TPSA) is 214 Å².